The van der Waals surface area contributed by atoms with Gasteiger partial charge in [-0.05, 0) is 31.5 Å². The molecule has 0 spiro atoms. The second-order valence-electron chi connectivity index (χ2n) is 5.79. The molecule has 0 aliphatic heterocycles. The Morgan fingerprint density at radius 2 is 1.95 bits per heavy atom. The van der Waals surface area contributed by atoms with Crippen LogP contribution in [0.2, 0.25) is 0 Å². The third-order valence-corrected chi connectivity index (χ3v) is 5.18. The van der Waals surface area contributed by atoms with Gasteiger partial charge in [-0.25, -0.2) is 4.98 Å². The Hall–Kier alpha value is -1.52. The molecule has 2 N–H and O–H groups in total. The number of para-hydroxylation sites is 1. The van der Waals surface area contributed by atoms with Crippen LogP contribution in [0.25, 0.3) is 10.9 Å². The summed E-state index contributed by atoms with van der Waals surface area (Å²) >= 11 is 12.0. The zero-order valence-electron chi connectivity index (χ0n) is 12.2. The Morgan fingerprint density at radius 1 is 1.23 bits per heavy atom. The molecule has 1 aromatic carbocycles. The average molecular weight is 338 g/mol. The minimum absolute atomic E-state index is 0.106. The van der Waals surface area contributed by atoms with Crippen molar-refractivity contribution in [1.29, 1.82) is 0 Å². The third-order valence-electron chi connectivity index (χ3n) is 4.07. The molecule has 3 rings (SSSR count). The number of fused-ring (bicyclic) bond motifs is 1. The number of halogens is 2. The Morgan fingerprint density at radius 3 is 2.68 bits per heavy atom. The summed E-state index contributed by atoms with van der Waals surface area (Å²) in [7, 11) is 0. The molecular weight excluding hydrogens is 321 g/mol. The molecule has 4 nitrogen and oxygen atoms in total. The van der Waals surface area contributed by atoms with Gasteiger partial charge in [-0.2, -0.15) is 0 Å². The maximum Gasteiger partial charge on any atom is 0.229 e. The van der Waals surface area contributed by atoms with Crippen molar-refractivity contribution in [2.75, 3.05) is 18.4 Å². The summed E-state index contributed by atoms with van der Waals surface area (Å²) in [6, 6.07) is 11.9. The zero-order valence-corrected chi connectivity index (χ0v) is 13.7. The van der Waals surface area contributed by atoms with Crippen LogP contribution in [0.4, 0.5) is 5.82 Å². The number of hydrogen-bond donors (Lipinski definition) is 2. The number of rotatable bonds is 5. The van der Waals surface area contributed by atoms with Crippen LogP contribution in [0, 0.1) is 5.41 Å². The quantitative estimate of drug-likeness (QED) is 0.649. The van der Waals surface area contributed by atoms with E-state index < -0.39 is 9.75 Å². The number of alkyl halides is 2. The number of pyridine rings is 1. The number of nitrogens with one attached hydrogen (secondary N) is 2. The zero-order chi connectivity index (χ0) is 15.8. The monoisotopic (exact) mass is 337 g/mol. The smallest absolute Gasteiger partial charge is 0.229 e. The second-order valence-corrected chi connectivity index (χ2v) is 7.27. The van der Waals surface area contributed by atoms with Gasteiger partial charge >= 0.3 is 0 Å². The van der Waals surface area contributed by atoms with E-state index in [1.807, 2.05) is 36.4 Å². The van der Waals surface area contributed by atoms with E-state index >= 15 is 0 Å². The lowest BCUT2D eigenvalue weighted by atomic mass is 10.1. The number of benzene rings is 1. The molecule has 22 heavy (non-hydrogen) atoms. The lowest BCUT2D eigenvalue weighted by molar-refractivity contribution is -0.125. The summed E-state index contributed by atoms with van der Waals surface area (Å²) in [5.74, 6) is 0.681. The lowest BCUT2D eigenvalue weighted by Crippen LogP contribution is -2.36. The third kappa shape index (κ3) is 2.85. The van der Waals surface area contributed by atoms with Gasteiger partial charge in [0.25, 0.3) is 0 Å². The van der Waals surface area contributed by atoms with Crippen molar-refractivity contribution in [3.63, 3.8) is 0 Å². The number of carbonyl (C=O) groups is 1. The van der Waals surface area contributed by atoms with Crippen LogP contribution in [0.1, 0.15) is 13.3 Å². The Bertz CT molecular complexity index is 719. The van der Waals surface area contributed by atoms with Crippen molar-refractivity contribution in [2.24, 2.45) is 5.41 Å². The predicted molar refractivity (Wildman–Crippen MR) is 90.4 cm³/mol. The van der Waals surface area contributed by atoms with Crippen LogP contribution in [0.3, 0.4) is 0 Å². The van der Waals surface area contributed by atoms with E-state index in [1.165, 1.54) is 0 Å². The van der Waals surface area contributed by atoms with Crippen molar-refractivity contribution in [1.82, 2.24) is 10.3 Å². The summed E-state index contributed by atoms with van der Waals surface area (Å²) in [6.07, 6.45) is 0.495. The summed E-state index contributed by atoms with van der Waals surface area (Å²) in [5, 5.41) is 7.14. The molecular formula is C16H17Cl2N3O. The molecule has 0 bridgehead atoms. The van der Waals surface area contributed by atoms with E-state index in [0.29, 0.717) is 19.5 Å². The Kier molecular flexibility index (Phi) is 3.91. The van der Waals surface area contributed by atoms with Gasteiger partial charge in [-0.3, -0.25) is 4.79 Å². The van der Waals surface area contributed by atoms with Crippen LogP contribution in [-0.4, -0.2) is 28.3 Å². The summed E-state index contributed by atoms with van der Waals surface area (Å²) < 4.78 is -0.926. The molecule has 1 aromatic heterocycles. The molecule has 116 valence electrons. The van der Waals surface area contributed by atoms with Crippen LogP contribution in [-0.2, 0) is 4.79 Å². The highest BCUT2D eigenvalue weighted by atomic mass is 35.5. The van der Waals surface area contributed by atoms with Crippen molar-refractivity contribution in [2.45, 2.75) is 17.7 Å². The Labute approximate surface area is 139 Å². The molecule has 2 aromatic rings. The SMILES string of the molecule is CC1(C(=O)NCCNc2ccc3ccccc3n2)CC1(Cl)Cl. The number of anilines is 1. The predicted octanol–water partition coefficient (Wildman–Crippen LogP) is 3.35. The Balaban J connectivity index is 1.49. The molecule has 1 unspecified atom stereocenters. The van der Waals surface area contributed by atoms with Crippen LogP contribution >= 0.6 is 23.2 Å². The molecule has 1 amide bonds. The lowest BCUT2D eigenvalue weighted by Gasteiger charge is -2.13. The fourth-order valence-corrected chi connectivity index (χ4v) is 3.08. The van der Waals surface area contributed by atoms with Gasteiger partial charge in [-0.15, -0.1) is 23.2 Å². The van der Waals surface area contributed by atoms with E-state index in [2.05, 4.69) is 15.6 Å². The second kappa shape index (κ2) is 5.60. The topological polar surface area (TPSA) is 54.0 Å². The average Bonchev–Trinajstić information content (AvgIpc) is 3.03. The molecule has 1 heterocycles. The minimum atomic E-state index is -0.926. The fraction of sp³-hybridized carbons (Fsp3) is 0.375. The van der Waals surface area contributed by atoms with Gasteiger partial charge in [0.1, 0.15) is 10.2 Å². The van der Waals surface area contributed by atoms with Crippen LogP contribution in [0.15, 0.2) is 36.4 Å². The van der Waals surface area contributed by atoms with E-state index in [1.54, 1.807) is 6.92 Å². The maximum absolute atomic E-state index is 12.0. The largest absolute Gasteiger partial charge is 0.368 e. The van der Waals surface area contributed by atoms with E-state index in [-0.39, 0.29) is 5.91 Å². The first-order chi connectivity index (χ1) is 10.4. The number of carbonyl (C=O) groups excluding carboxylic acids is 1. The van der Waals surface area contributed by atoms with Crippen LogP contribution in [0.5, 0.6) is 0 Å². The highest BCUT2D eigenvalue weighted by Crippen LogP contribution is 2.63. The fourth-order valence-electron chi connectivity index (χ4n) is 2.37. The van der Waals surface area contributed by atoms with Gasteiger partial charge in [-0.1, -0.05) is 18.2 Å². The first kappa shape index (κ1) is 15.4. The minimum Gasteiger partial charge on any atom is -0.368 e. The van der Waals surface area contributed by atoms with E-state index in [4.69, 9.17) is 23.2 Å². The van der Waals surface area contributed by atoms with Crippen molar-refractivity contribution in [3.8, 4) is 0 Å². The van der Waals surface area contributed by atoms with Crippen molar-refractivity contribution < 1.29 is 4.79 Å². The number of hydrogen-bond acceptors (Lipinski definition) is 3. The number of aromatic nitrogens is 1. The van der Waals surface area contributed by atoms with Gasteiger partial charge in [0.15, 0.2) is 0 Å². The van der Waals surface area contributed by atoms with Crippen molar-refractivity contribution in [3.05, 3.63) is 36.4 Å². The first-order valence-electron chi connectivity index (χ1n) is 7.18. The summed E-state index contributed by atoms with van der Waals surface area (Å²) in [4.78, 5) is 16.5. The standard InChI is InChI=1S/C16H17Cl2N3O/c1-15(10-16(15,17)18)14(22)20-9-8-19-13-7-6-11-4-2-3-5-12(11)21-13/h2-7H,8-10H2,1H3,(H,19,21)(H,20,22). The summed E-state index contributed by atoms with van der Waals surface area (Å²) in [6.45, 7) is 2.86. The molecule has 1 aliphatic carbocycles. The van der Waals surface area contributed by atoms with E-state index in [0.717, 1.165) is 16.7 Å². The molecule has 1 saturated carbocycles. The van der Waals surface area contributed by atoms with Crippen LogP contribution < -0.4 is 10.6 Å². The molecule has 1 aliphatic rings. The van der Waals surface area contributed by atoms with Gasteiger partial charge in [0, 0.05) is 18.5 Å². The summed E-state index contributed by atoms with van der Waals surface area (Å²) in [5.41, 5.74) is 0.271. The maximum atomic E-state index is 12.0. The molecule has 0 saturated heterocycles. The molecule has 1 fully saturated rings. The molecule has 1 atom stereocenters. The van der Waals surface area contributed by atoms with Gasteiger partial charge in [0.2, 0.25) is 5.91 Å². The van der Waals surface area contributed by atoms with Crippen molar-refractivity contribution >= 4 is 45.8 Å². The highest BCUT2D eigenvalue weighted by Gasteiger charge is 2.67. The number of amides is 1. The van der Waals surface area contributed by atoms with Gasteiger partial charge in [0.05, 0.1) is 10.9 Å². The van der Waals surface area contributed by atoms with E-state index in [9.17, 15) is 4.79 Å². The highest BCUT2D eigenvalue weighted by molar-refractivity contribution is 6.53. The normalized spacial score (nSPS) is 22.3. The molecule has 0 radical (unpaired) electrons. The van der Waals surface area contributed by atoms with Gasteiger partial charge < -0.3 is 10.6 Å². The number of nitrogens with zero attached hydrogens (tertiary/aromatic N) is 1. The molecule has 6 heteroatoms. The first-order valence-corrected chi connectivity index (χ1v) is 7.94.